The van der Waals surface area contributed by atoms with Gasteiger partial charge in [-0.1, -0.05) is 15.9 Å². The first kappa shape index (κ1) is 15.4. The summed E-state index contributed by atoms with van der Waals surface area (Å²) < 4.78 is 54.2. The molecule has 1 fully saturated rings. The lowest BCUT2D eigenvalue weighted by atomic mass is 9.99. The summed E-state index contributed by atoms with van der Waals surface area (Å²) in [6, 6.07) is -1.01. The largest absolute Gasteiger partial charge is 0.383 e. The zero-order valence-corrected chi connectivity index (χ0v) is 10.6. The van der Waals surface area contributed by atoms with E-state index in [1.807, 2.05) is 0 Å². The van der Waals surface area contributed by atoms with Gasteiger partial charge in [-0.05, 0) is 0 Å². The molecule has 0 bridgehead atoms. The topological polar surface area (TPSA) is 55.4 Å². The molecule has 1 N–H and O–H groups in total. The molecule has 1 heterocycles. The molecule has 1 aliphatic heterocycles. The van der Waals surface area contributed by atoms with Gasteiger partial charge in [0.15, 0.2) is 5.78 Å². The Morgan fingerprint density at radius 3 is 2.50 bits per heavy atom. The molecule has 1 amide bonds. The Balaban J connectivity index is 2.67. The lowest BCUT2D eigenvalue weighted by Gasteiger charge is -2.21. The standard InChI is InChI=1S/C9H10BrF4NO3/c10-1-6(16)4-2-18-3-5(4)15-8(17)9(13,14)7(11)12/h4-5,7H,1-3H2,(H,15,17). The summed E-state index contributed by atoms with van der Waals surface area (Å²) in [7, 11) is 0. The zero-order valence-electron chi connectivity index (χ0n) is 8.97. The third-order valence-electron chi connectivity index (χ3n) is 2.52. The van der Waals surface area contributed by atoms with E-state index >= 15 is 0 Å². The summed E-state index contributed by atoms with van der Waals surface area (Å²) in [6.07, 6.45) is -4.09. The molecule has 1 aliphatic rings. The number of rotatable bonds is 5. The summed E-state index contributed by atoms with van der Waals surface area (Å²) in [5, 5.41) is 1.70. The van der Waals surface area contributed by atoms with Gasteiger partial charge in [0.1, 0.15) is 0 Å². The Labute approximate surface area is 108 Å². The molecule has 0 aromatic rings. The molecule has 0 aromatic carbocycles. The summed E-state index contributed by atoms with van der Waals surface area (Å²) in [4.78, 5) is 22.4. The number of carbonyl (C=O) groups is 2. The number of amides is 1. The molecular weight excluding hydrogens is 326 g/mol. The number of carbonyl (C=O) groups excluding carboxylic acids is 2. The molecule has 4 nitrogen and oxygen atoms in total. The van der Waals surface area contributed by atoms with Gasteiger partial charge >= 0.3 is 12.3 Å². The number of hydrogen-bond donors (Lipinski definition) is 1. The van der Waals surface area contributed by atoms with Crippen LogP contribution in [0.1, 0.15) is 0 Å². The minimum absolute atomic E-state index is 0.0291. The van der Waals surface area contributed by atoms with Crippen molar-refractivity contribution in [2.45, 2.75) is 18.4 Å². The molecule has 2 atom stereocenters. The maximum atomic E-state index is 12.7. The first-order valence-electron chi connectivity index (χ1n) is 4.94. The van der Waals surface area contributed by atoms with Crippen LogP contribution in [-0.2, 0) is 14.3 Å². The highest BCUT2D eigenvalue weighted by Gasteiger charge is 2.50. The maximum Gasteiger partial charge on any atom is 0.383 e. The smallest absolute Gasteiger partial charge is 0.378 e. The number of nitrogens with one attached hydrogen (secondary N) is 1. The third-order valence-corrected chi connectivity index (χ3v) is 3.07. The van der Waals surface area contributed by atoms with Crippen molar-refractivity contribution in [2.75, 3.05) is 18.5 Å². The number of alkyl halides is 5. The molecule has 1 saturated heterocycles. The van der Waals surface area contributed by atoms with Gasteiger partial charge in [-0.15, -0.1) is 0 Å². The van der Waals surface area contributed by atoms with Crippen molar-refractivity contribution in [3.05, 3.63) is 0 Å². The van der Waals surface area contributed by atoms with Gasteiger partial charge in [0.2, 0.25) is 0 Å². The minimum atomic E-state index is -4.77. The molecule has 0 saturated carbocycles. The van der Waals surface area contributed by atoms with Crippen LogP contribution in [0.25, 0.3) is 0 Å². The predicted molar refractivity (Wildman–Crippen MR) is 56.0 cm³/mol. The number of ketones is 1. The molecule has 104 valence electrons. The van der Waals surface area contributed by atoms with E-state index in [4.69, 9.17) is 4.74 Å². The summed E-state index contributed by atoms with van der Waals surface area (Å²) in [6.45, 7) is -0.190. The Morgan fingerprint density at radius 1 is 1.39 bits per heavy atom. The van der Waals surface area contributed by atoms with Crippen molar-refractivity contribution >= 4 is 27.6 Å². The molecule has 0 radical (unpaired) electrons. The Morgan fingerprint density at radius 2 is 2.00 bits per heavy atom. The molecular formula is C9H10BrF4NO3. The number of hydrogen-bond acceptors (Lipinski definition) is 3. The quantitative estimate of drug-likeness (QED) is 0.602. The summed E-state index contributed by atoms with van der Waals surface area (Å²) >= 11 is 2.90. The van der Waals surface area contributed by atoms with Crippen LogP contribution in [0, 0.1) is 5.92 Å². The summed E-state index contributed by atoms with van der Waals surface area (Å²) in [5.41, 5.74) is 0. The van der Waals surface area contributed by atoms with Gasteiger partial charge in [-0.3, -0.25) is 9.59 Å². The lowest BCUT2D eigenvalue weighted by molar-refractivity contribution is -0.170. The fourth-order valence-electron chi connectivity index (χ4n) is 1.48. The second-order valence-electron chi connectivity index (χ2n) is 3.75. The van der Waals surface area contributed by atoms with Crippen molar-refractivity contribution in [2.24, 2.45) is 5.92 Å². The van der Waals surface area contributed by atoms with E-state index in [2.05, 4.69) is 15.9 Å². The molecule has 9 heteroatoms. The van der Waals surface area contributed by atoms with Gasteiger partial charge in [-0.25, -0.2) is 8.78 Å². The van der Waals surface area contributed by atoms with Crippen molar-refractivity contribution in [1.29, 1.82) is 0 Å². The van der Waals surface area contributed by atoms with Gasteiger partial charge < -0.3 is 10.1 Å². The second-order valence-corrected chi connectivity index (χ2v) is 4.31. The van der Waals surface area contributed by atoms with Gasteiger partial charge in [0.05, 0.1) is 30.5 Å². The fraction of sp³-hybridized carbons (Fsp3) is 0.778. The molecule has 1 rings (SSSR count). The minimum Gasteiger partial charge on any atom is -0.378 e. The van der Waals surface area contributed by atoms with Crippen LogP contribution in [0.4, 0.5) is 17.6 Å². The Bertz CT molecular complexity index is 340. The molecule has 18 heavy (non-hydrogen) atoms. The first-order valence-corrected chi connectivity index (χ1v) is 6.06. The molecule has 0 spiro atoms. The SMILES string of the molecule is O=C(CBr)C1COCC1NC(=O)C(F)(F)C(F)F. The van der Waals surface area contributed by atoms with Crippen molar-refractivity contribution in [3.63, 3.8) is 0 Å². The first-order chi connectivity index (χ1) is 8.30. The van der Waals surface area contributed by atoms with E-state index < -0.39 is 30.2 Å². The van der Waals surface area contributed by atoms with E-state index in [9.17, 15) is 27.2 Å². The van der Waals surface area contributed by atoms with Crippen LogP contribution in [0.3, 0.4) is 0 Å². The van der Waals surface area contributed by atoms with Crippen LogP contribution in [-0.4, -0.2) is 48.6 Å². The highest BCUT2D eigenvalue weighted by atomic mass is 79.9. The van der Waals surface area contributed by atoms with Crippen molar-refractivity contribution in [3.8, 4) is 0 Å². The normalized spacial score (nSPS) is 24.3. The van der Waals surface area contributed by atoms with Crippen LogP contribution in [0.5, 0.6) is 0 Å². The number of halogens is 5. The molecule has 2 unspecified atom stereocenters. The van der Waals surface area contributed by atoms with Crippen molar-refractivity contribution in [1.82, 2.24) is 5.32 Å². The van der Waals surface area contributed by atoms with E-state index in [0.29, 0.717) is 0 Å². The third kappa shape index (κ3) is 3.19. The predicted octanol–water partition coefficient (Wildman–Crippen LogP) is 0.982. The second kappa shape index (κ2) is 5.96. The Hall–Kier alpha value is -0.700. The molecule has 0 aliphatic carbocycles. The van der Waals surface area contributed by atoms with Gasteiger partial charge in [0.25, 0.3) is 5.91 Å². The number of ether oxygens (including phenoxy) is 1. The van der Waals surface area contributed by atoms with Crippen LogP contribution < -0.4 is 5.32 Å². The number of Topliss-reactive ketones (excluding diaryl/α,β-unsaturated/α-hetero) is 1. The van der Waals surface area contributed by atoms with E-state index in [1.165, 1.54) is 0 Å². The van der Waals surface area contributed by atoms with Gasteiger partial charge in [-0.2, -0.15) is 8.78 Å². The van der Waals surface area contributed by atoms with E-state index in [-0.39, 0.29) is 24.3 Å². The average Bonchev–Trinajstić information content (AvgIpc) is 2.75. The average molecular weight is 336 g/mol. The summed E-state index contributed by atoms with van der Waals surface area (Å²) in [5.74, 6) is -8.02. The maximum absolute atomic E-state index is 12.7. The van der Waals surface area contributed by atoms with Crippen LogP contribution in [0.15, 0.2) is 0 Å². The highest BCUT2D eigenvalue weighted by Crippen LogP contribution is 2.24. The lowest BCUT2D eigenvalue weighted by Crippen LogP contribution is -2.52. The fourth-order valence-corrected chi connectivity index (χ4v) is 1.89. The van der Waals surface area contributed by atoms with Gasteiger partial charge in [0, 0.05) is 0 Å². The highest BCUT2D eigenvalue weighted by molar-refractivity contribution is 9.09. The van der Waals surface area contributed by atoms with E-state index in [1.54, 1.807) is 5.32 Å². The monoisotopic (exact) mass is 335 g/mol. The molecule has 0 aromatic heterocycles. The van der Waals surface area contributed by atoms with Crippen LogP contribution >= 0.6 is 15.9 Å². The van der Waals surface area contributed by atoms with Crippen molar-refractivity contribution < 1.29 is 31.9 Å². The zero-order chi connectivity index (χ0) is 13.9. The van der Waals surface area contributed by atoms with Crippen LogP contribution in [0.2, 0.25) is 0 Å². The Kier molecular flexibility index (Phi) is 5.09. The van der Waals surface area contributed by atoms with E-state index in [0.717, 1.165) is 0 Å².